The Kier molecular flexibility index (Phi) is 11.2. The Hall–Kier alpha value is -5.86. The maximum absolute atomic E-state index is 14.4. The highest BCUT2D eigenvalue weighted by Gasteiger charge is 2.39. The van der Waals surface area contributed by atoms with Crippen LogP contribution in [0.25, 0.3) is 11.1 Å². The average molecular weight is 774 g/mol. The van der Waals surface area contributed by atoms with Gasteiger partial charge in [0.25, 0.3) is 11.8 Å². The summed E-state index contributed by atoms with van der Waals surface area (Å²) in [7, 11) is -4.11. The van der Waals surface area contributed by atoms with Gasteiger partial charge in [0.2, 0.25) is 21.8 Å². The topological polar surface area (TPSA) is 184 Å². The number of halogens is 1. The molecule has 0 spiro atoms. The van der Waals surface area contributed by atoms with Crippen molar-refractivity contribution in [3.63, 3.8) is 0 Å². The van der Waals surface area contributed by atoms with E-state index in [4.69, 9.17) is 5.26 Å². The van der Waals surface area contributed by atoms with E-state index in [1.54, 1.807) is 22.4 Å². The molecule has 2 aliphatic heterocycles. The Morgan fingerprint density at radius 2 is 1.78 bits per heavy atom. The zero-order chi connectivity index (χ0) is 38.6. The number of carbonyl (C=O) groups is 4. The highest BCUT2D eigenvalue weighted by molar-refractivity contribution is 7.89. The molecule has 0 radical (unpaired) electrons. The fourth-order valence-electron chi connectivity index (χ4n) is 6.51. The molecular weight excluding hydrogens is 738 g/mol. The van der Waals surface area contributed by atoms with E-state index in [-0.39, 0.29) is 36.6 Å². The molecule has 3 heterocycles. The number of piperazine rings is 1. The number of aromatic hydroxyl groups is 1. The van der Waals surface area contributed by atoms with E-state index < -0.39 is 51.9 Å². The molecule has 1 fully saturated rings. The molecule has 0 saturated carbocycles. The monoisotopic (exact) mass is 773 g/mol. The summed E-state index contributed by atoms with van der Waals surface area (Å²) in [5.74, 6) is -3.71. The molecule has 17 heteroatoms. The lowest BCUT2D eigenvalue weighted by Crippen LogP contribution is -2.49. The number of nitrogens with zero attached hydrogens (tertiary/aromatic N) is 6. The third-order valence-electron chi connectivity index (χ3n) is 9.35. The van der Waals surface area contributed by atoms with Gasteiger partial charge in [0, 0.05) is 74.0 Å². The third-order valence-corrected chi connectivity index (χ3v) is 11.8. The first-order valence-corrected chi connectivity index (χ1v) is 19.5. The number of sulfonamides is 1. The van der Waals surface area contributed by atoms with E-state index in [9.17, 15) is 37.1 Å². The van der Waals surface area contributed by atoms with Crippen molar-refractivity contribution < 1.29 is 37.1 Å². The van der Waals surface area contributed by atoms with Gasteiger partial charge < -0.3 is 19.8 Å². The summed E-state index contributed by atoms with van der Waals surface area (Å²) in [5, 5.41) is 24.2. The van der Waals surface area contributed by atoms with E-state index in [1.165, 1.54) is 29.4 Å². The van der Waals surface area contributed by atoms with Crippen LogP contribution in [0, 0.1) is 17.1 Å². The van der Waals surface area contributed by atoms with Gasteiger partial charge >= 0.3 is 0 Å². The Labute approximate surface area is 315 Å². The second-order valence-electron chi connectivity index (χ2n) is 12.6. The van der Waals surface area contributed by atoms with Crippen LogP contribution in [0.3, 0.4) is 0 Å². The number of anilines is 2. The fourth-order valence-corrected chi connectivity index (χ4v) is 8.39. The average Bonchev–Trinajstić information content (AvgIpc) is 3.81. The maximum atomic E-state index is 14.4. The lowest BCUT2D eigenvalue weighted by molar-refractivity contribution is -0.131. The van der Waals surface area contributed by atoms with Crippen molar-refractivity contribution in [3.8, 4) is 22.9 Å². The first kappa shape index (κ1) is 37.9. The molecule has 2 aliphatic rings. The van der Waals surface area contributed by atoms with Crippen LogP contribution in [0.5, 0.6) is 5.75 Å². The predicted molar refractivity (Wildman–Crippen MR) is 198 cm³/mol. The van der Waals surface area contributed by atoms with Crippen molar-refractivity contribution in [2.45, 2.75) is 32.4 Å². The first-order valence-electron chi connectivity index (χ1n) is 17.1. The van der Waals surface area contributed by atoms with Crippen LogP contribution in [-0.2, 0) is 31.0 Å². The van der Waals surface area contributed by atoms with Crippen LogP contribution in [0.2, 0.25) is 0 Å². The molecule has 3 aromatic carbocycles. The number of benzene rings is 3. The molecule has 1 aromatic heterocycles. The molecule has 0 aliphatic carbocycles. The summed E-state index contributed by atoms with van der Waals surface area (Å²) < 4.78 is 40.2. The zero-order valence-electron chi connectivity index (χ0n) is 29.1. The molecule has 1 unspecified atom stereocenters. The first-order chi connectivity index (χ1) is 25.9. The van der Waals surface area contributed by atoms with E-state index in [2.05, 4.69) is 15.2 Å². The van der Waals surface area contributed by atoms with Crippen LogP contribution in [0.1, 0.15) is 47.3 Å². The van der Waals surface area contributed by atoms with Crippen molar-refractivity contribution in [1.29, 1.82) is 5.26 Å². The van der Waals surface area contributed by atoms with E-state index in [0.717, 1.165) is 35.0 Å². The second-order valence-corrected chi connectivity index (χ2v) is 15.5. The highest BCUT2D eigenvalue weighted by atomic mass is 32.2. The number of amides is 4. The van der Waals surface area contributed by atoms with Gasteiger partial charge in [0.1, 0.15) is 24.2 Å². The molecule has 54 heavy (non-hydrogen) atoms. The number of carbonyl (C=O) groups excluding carboxylic acids is 4. The van der Waals surface area contributed by atoms with Gasteiger partial charge in [-0.1, -0.05) is 31.2 Å². The summed E-state index contributed by atoms with van der Waals surface area (Å²) in [6.07, 6.45) is 1.13. The lowest BCUT2D eigenvalue weighted by atomic mass is 10.00. The number of phenolic OH excluding ortho intramolecular Hbond substituents is 1. The number of hydrogen-bond acceptors (Lipinski definition) is 11. The van der Waals surface area contributed by atoms with Gasteiger partial charge in [0.05, 0.1) is 11.8 Å². The molecule has 4 amide bonds. The normalized spacial score (nSPS) is 14.7. The largest absolute Gasteiger partial charge is 0.508 e. The van der Waals surface area contributed by atoms with Crippen molar-refractivity contribution in [2.24, 2.45) is 0 Å². The quantitative estimate of drug-likeness (QED) is 0.199. The van der Waals surface area contributed by atoms with Gasteiger partial charge in [-0.2, -0.15) is 5.26 Å². The van der Waals surface area contributed by atoms with Crippen molar-refractivity contribution >= 4 is 55.8 Å². The smallest absolute Gasteiger partial charge is 0.255 e. The third kappa shape index (κ3) is 8.04. The minimum absolute atomic E-state index is 0.0531. The lowest BCUT2D eigenvalue weighted by Gasteiger charge is -2.36. The van der Waals surface area contributed by atoms with E-state index >= 15 is 0 Å². The Bertz CT molecular complexity index is 2220. The maximum Gasteiger partial charge on any atom is 0.255 e. The minimum atomic E-state index is -4.11. The minimum Gasteiger partial charge on any atom is -0.508 e. The number of aromatic nitrogens is 1. The van der Waals surface area contributed by atoms with Crippen molar-refractivity contribution in [1.82, 2.24) is 19.1 Å². The van der Waals surface area contributed by atoms with Crippen LogP contribution < -0.4 is 10.2 Å². The number of phenols is 1. The molecule has 14 nitrogen and oxygen atoms in total. The van der Waals surface area contributed by atoms with Crippen LogP contribution in [-0.4, -0.2) is 94.7 Å². The Morgan fingerprint density at radius 1 is 1.06 bits per heavy atom. The predicted octanol–water partition coefficient (Wildman–Crippen LogP) is 4.12. The second kappa shape index (κ2) is 16.0. The molecular formula is C37H36FN7O7S2. The van der Waals surface area contributed by atoms with Crippen LogP contribution in [0.15, 0.2) is 72.2 Å². The standard InChI is InChI=1S/C37H36FN7O7S2/c1-2-32(47)45(14-12-39)54(51,52)20-11-33(48)43-17-15-42(16-18-43)28-8-5-24(6-9-28)25-3-4-26-23-44(36(50)29(26)21-25)34(30-22-27(38)7-10-31(30)46)35(49)41-37-40-13-19-53-37/h3-10,13,19,21-22,34,46H,2,11,14-18,20,23H2,1H3,(H,40,41,49). The van der Waals surface area contributed by atoms with Gasteiger partial charge in [-0.15, -0.1) is 11.3 Å². The van der Waals surface area contributed by atoms with Crippen molar-refractivity contribution in [3.05, 3.63) is 94.7 Å². The van der Waals surface area contributed by atoms with Gasteiger partial charge in [0.15, 0.2) is 5.13 Å². The van der Waals surface area contributed by atoms with Gasteiger partial charge in [-0.25, -0.2) is 22.1 Å². The van der Waals surface area contributed by atoms with E-state index in [1.807, 2.05) is 36.4 Å². The van der Waals surface area contributed by atoms with Gasteiger partial charge in [-0.3, -0.25) is 24.5 Å². The number of rotatable bonds is 12. The summed E-state index contributed by atoms with van der Waals surface area (Å²) in [6, 6.07) is 16.7. The number of thiazole rings is 1. The number of hydrogen-bond donors (Lipinski definition) is 2. The summed E-state index contributed by atoms with van der Waals surface area (Å²) >= 11 is 1.18. The molecule has 0 bridgehead atoms. The highest BCUT2D eigenvalue weighted by Crippen LogP contribution is 2.38. The van der Waals surface area contributed by atoms with Gasteiger partial charge in [-0.05, 0) is 53.1 Å². The number of nitriles is 1. The molecule has 280 valence electrons. The van der Waals surface area contributed by atoms with Crippen LogP contribution in [0.4, 0.5) is 15.2 Å². The number of fused-ring (bicyclic) bond motifs is 1. The summed E-state index contributed by atoms with van der Waals surface area (Å²) in [6.45, 7) is 2.72. The molecule has 2 N–H and O–H groups in total. The molecule has 1 atom stereocenters. The number of nitrogens with one attached hydrogen (secondary N) is 1. The molecule has 4 aromatic rings. The van der Waals surface area contributed by atoms with E-state index in [0.29, 0.717) is 46.7 Å². The van der Waals surface area contributed by atoms with Crippen molar-refractivity contribution in [2.75, 3.05) is 48.7 Å². The SMILES string of the molecule is CCC(=O)N(CC#N)S(=O)(=O)CCC(=O)N1CCN(c2ccc(-c3ccc4c(c3)C(=O)N(C(C(=O)Nc3nccs3)c3cc(F)ccc3O)C4)cc2)CC1. The Balaban J connectivity index is 1.10. The zero-order valence-corrected chi connectivity index (χ0v) is 30.8. The van der Waals surface area contributed by atoms with Crippen LogP contribution >= 0.6 is 11.3 Å². The Morgan fingerprint density at radius 3 is 2.44 bits per heavy atom. The molecule has 6 rings (SSSR count). The fraction of sp³-hybridized carbons (Fsp3) is 0.297. The summed E-state index contributed by atoms with van der Waals surface area (Å²) in [5.41, 5.74) is 3.49. The summed E-state index contributed by atoms with van der Waals surface area (Å²) in [4.78, 5) is 61.4. The molecule has 1 saturated heterocycles.